The summed E-state index contributed by atoms with van der Waals surface area (Å²) in [5.41, 5.74) is 2.27. The SMILES string of the molecule is C[C@H](NC(=O)CN1CCSc2ccccc21)c1ccc(Br)cc1. The lowest BCUT2D eigenvalue weighted by atomic mass is 10.1. The number of nitrogens with zero attached hydrogens (tertiary/aromatic N) is 1. The summed E-state index contributed by atoms with van der Waals surface area (Å²) in [5.74, 6) is 1.08. The van der Waals surface area contributed by atoms with Crippen LogP contribution < -0.4 is 10.2 Å². The van der Waals surface area contributed by atoms with Crippen molar-refractivity contribution in [3.8, 4) is 0 Å². The van der Waals surface area contributed by atoms with Crippen LogP contribution in [-0.4, -0.2) is 24.7 Å². The summed E-state index contributed by atoms with van der Waals surface area (Å²) in [6.07, 6.45) is 0. The summed E-state index contributed by atoms with van der Waals surface area (Å²) in [5, 5.41) is 3.09. The molecule has 1 heterocycles. The minimum atomic E-state index is 0.00464. The number of benzene rings is 2. The molecule has 1 amide bonds. The fourth-order valence-electron chi connectivity index (χ4n) is 2.69. The van der Waals surface area contributed by atoms with Gasteiger partial charge in [0.2, 0.25) is 5.91 Å². The van der Waals surface area contributed by atoms with E-state index in [2.05, 4.69) is 38.3 Å². The third kappa shape index (κ3) is 4.09. The fourth-order valence-corrected chi connectivity index (χ4v) is 4.00. The van der Waals surface area contributed by atoms with Gasteiger partial charge in [0.05, 0.1) is 18.3 Å². The van der Waals surface area contributed by atoms with Gasteiger partial charge in [-0.05, 0) is 36.8 Å². The Hall–Kier alpha value is -1.46. The summed E-state index contributed by atoms with van der Waals surface area (Å²) >= 11 is 5.28. The first-order chi connectivity index (χ1) is 11.1. The molecule has 23 heavy (non-hydrogen) atoms. The number of hydrogen-bond donors (Lipinski definition) is 1. The van der Waals surface area contributed by atoms with Crippen molar-refractivity contribution in [2.45, 2.75) is 17.9 Å². The topological polar surface area (TPSA) is 32.3 Å². The molecule has 0 unspecified atom stereocenters. The number of para-hydroxylation sites is 1. The van der Waals surface area contributed by atoms with Crippen molar-refractivity contribution in [1.82, 2.24) is 5.32 Å². The largest absolute Gasteiger partial charge is 0.360 e. The summed E-state index contributed by atoms with van der Waals surface area (Å²) in [6.45, 7) is 3.32. The van der Waals surface area contributed by atoms with Crippen LogP contribution in [0, 0.1) is 0 Å². The average Bonchev–Trinajstić information content (AvgIpc) is 2.55. The Labute approximate surface area is 149 Å². The molecule has 0 spiro atoms. The Morgan fingerprint density at radius 1 is 1.26 bits per heavy atom. The Balaban J connectivity index is 1.63. The van der Waals surface area contributed by atoms with E-state index >= 15 is 0 Å². The van der Waals surface area contributed by atoms with Gasteiger partial charge in [0.25, 0.3) is 0 Å². The first-order valence-corrected chi connectivity index (χ1v) is 9.43. The number of nitrogens with one attached hydrogen (secondary N) is 1. The molecule has 2 aromatic rings. The first-order valence-electron chi connectivity index (χ1n) is 7.65. The van der Waals surface area contributed by atoms with E-state index in [1.165, 1.54) is 4.90 Å². The van der Waals surface area contributed by atoms with Crippen LogP contribution in [0.15, 0.2) is 57.9 Å². The Kier molecular flexibility index (Phi) is 5.28. The maximum absolute atomic E-state index is 12.4. The van der Waals surface area contributed by atoms with Gasteiger partial charge in [-0.3, -0.25) is 4.79 Å². The van der Waals surface area contributed by atoms with E-state index in [9.17, 15) is 4.79 Å². The van der Waals surface area contributed by atoms with E-state index < -0.39 is 0 Å². The quantitative estimate of drug-likeness (QED) is 0.846. The summed E-state index contributed by atoms with van der Waals surface area (Å²) in [4.78, 5) is 15.8. The Bertz CT molecular complexity index is 690. The molecule has 0 aromatic heterocycles. The van der Waals surface area contributed by atoms with Crippen molar-refractivity contribution in [2.24, 2.45) is 0 Å². The number of thioether (sulfide) groups is 1. The minimum absolute atomic E-state index is 0.00464. The van der Waals surface area contributed by atoms with Crippen molar-refractivity contribution in [3.63, 3.8) is 0 Å². The van der Waals surface area contributed by atoms with Gasteiger partial charge in [0.1, 0.15) is 0 Å². The molecule has 0 fully saturated rings. The number of anilines is 1. The van der Waals surface area contributed by atoms with E-state index in [4.69, 9.17) is 0 Å². The second-order valence-electron chi connectivity index (χ2n) is 5.58. The van der Waals surface area contributed by atoms with Gasteiger partial charge < -0.3 is 10.2 Å². The Morgan fingerprint density at radius 3 is 2.78 bits per heavy atom. The highest BCUT2D eigenvalue weighted by Gasteiger charge is 2.20. The van der Waals surface area contributed by atoms with Crippen LogP contribution in [0.2, 0.25) is 0 Å². The van der Waals surface area contributed by atoms with Crippen LogP contribution in [0.5, 0.6) is 0 Å². The van der Waals surface area contributed by atoms with Crippen LogP contribution in [0.25, 0.3) is 0 Å². The minimum Gasteiger partial charge on any atom is -0.360 e. The third-order valence-electron chi connectivity index (χ3n) is 3.91. The molecule has 3 rings (SSSR count). The lowest BCUT2D eigenvalue weighted by Gasteiger charge is -2.30. The van der Waals surface area contributed by atoms with Gasteiger partial charge in [-0.1, -0.05) is 40.2 Å². The molecule has 1 aliphatic heterocycles. The molecule has 0 saturated heterocycles. The zero-order valence-corrected chi connectivity index (χ0v) is 15.4. The van der Waals surface area contributed by atoms with Gasteiger partial charge >= 0.3 is 0 Å². The highest BCUT2D eigenvalue weighted by molar-refractivity contribution is 9.10. The molecule has 1 N–H and O–H groups in total. The standard InChI is InChI=1S/C18H19BrN2OS/c1-13(14-6-8-15(19)9-7-14)20-18(22)12-21-10-11-23-17-5-3-2-4-16(17)21/h2-9,13H,10-12H2,1H3,(H,20,22)/t13-/m0/s1. The van der Waals surface area contributed by atoms with Crippen LogP contribution >= 0.6 is 27.7 Å². The predicted octanol–water partition coefficient (Wildman–Crippen LogP) is 4.24. The molecule has 120 valence electrons. The van der Waals surface area contributed by atoms with Gasteiger partial charge in [-0.2, -0.15) is 0 Å². The lowest BCUT2D eigenvalue weighted by Crippen LogP contribution is -2.40. The lowest BCUT2D eigenvalue weighted by molar-refractivity contribution is -0.120. The molecule has 0 aliphatic carbocycles. The van der Waals surface area contributed by atoms with Crippen LogP contribution in [-0.2, 0) is 4.79 Å². The monoisotopic (exact) mass is 390 g/mol. The summed E-state index contributed by atoms with van der Waals surface area (Å²) in [6, 6.07) is 16.3. The maximum atomic E-state index is 12.4. The van der Waals surface area contributed by atoms with Crippen LogP contribution in [0.1, 0.15) is 18.5 Å². The fraction of sp³-hybridized carbons (Fsp3) is 0.278. The summed E-state index contributed by atoms with van der Waals surface area (Å²) in [7, 11) is 0. The molecule has 3 nitrogen and oxygen atoms in total. The molecule has 5 heteroatoms. The summed E-state index contributed by atoms with van der Waals surface area (Å²) < 4.78 is 1.04. The second kappa shape index (κ2) is 7.41. The molecule has 2 aromatic carbocycles. The molecule has 0 radical (unpaired) electrons. The number of amides is 1. The van der Waals surface area contributed by atoms with E-state index in [-0.39, 0.29) is 11.9 Å². The van der Waals surface area contributed by atoms with Gasteiger partial charge in [0.15, 0.2) is 0 Å². The number of carbonyl (C=O) groups is 1. The zero-order chi connectivity index (χ0) is 16.2. The van der Waals surface area contributed by atoms with Crippen LogP contribution in [0.3, 0.4) is 0 Å². The number of rotatable bonds is 4. The predicted molar refractivity (Wildman–Crippen MR) is 100 cm³/mol. The normalized spacial score (nSPS) is 15.0. The number of fused-ring (bicyclic) bond motifs is 1. The highest BCUT2D eigenvalue weighted by atomic mass is 79.9. The van der Waals surface area contributed by atoms with Crippen molar-refractivity contribution < 1.29 is 4.79 Å². The number of halogens is 1. The number of carbonyl (C=O) groups excluding carboxylic acids is 1. The molecular formula is C18H19BrN2OS. The van der Waals surface area contributed by atoms with E-state index in [1.807, 2.05) is 55.1 Å². The molecule has 1 atom stereocenters. The molecule has 1 aliphatic rings. The van der Waals surface area contributed by atoms with E-state index in [1.54, 1.807) is 0 Å². The van der Waals surface area contributed by atoms with Crippen molar-refractivity contribution in [1.29, 1.82) is 0 Å². The van der Waals surface area contributed by atoms with E-state index in [0.717, 1.165) is 28.0 Å². The Morgan fingerprint density at radius 2 is 2.00 bits per heavy atom. The van der Waals surface area contributed by atoms with Crippen molar-refractivity contribution in [2.75, 3.05) is 23.7 Å². The number of hydrogen-bond acceptors (Lipinski definition) is 3. The zero-order valence-electron chi connectivity index (χ0n) is 13.0. The van der Waals surface area contributed by atoms with E-state index in [0.29, 0.717) is 6.54 Å². The first kappa shape index (κ1) is 16.4. The smallest absolute Gasteiger partial charge is 0.239 e. The van der Waals surface area contributed by atoms with Crippen molar-refractivity contribution >= 4 is 39.3 Å². The van der Waals surface area contributed by atoms with Crippen molar-refractivity contribution in [3.05, 3.63) is 58.6 Å². The average molecular weight is 391 g/mol. The van der Waals surface area contributed by atoms with Gasteiger partial charge in [-0.15, -0.1) is 11.8 Å². The maximum Gasteiger partial charge on any atom is 0.239 e. The second-order valence-corrected chi connectivity index (χ2v) is 7.63. The third-order valence-corrected chi connectivity index (χ3v) is 5.48. The molecule has 0 bridgehead atoms. The molecule has 0 saturated carbocycles. The van der Waals surface area contributed by atoms with Gasteiger partial charge in [0, 0.05) is 21.7 Å². The highest BCUT2D eigenvalue weighted by Crippen LogP contribution is 2.33. The van der Waals surface area contributed by atoms with Gasteiger partial charge in [-0.25, -0.2) is 0 Å². The molecular weight excluding hydrogens is 372 g/mol. The van der Waals surface area contributed by atoms with Crippen LogP contribution in [0.4, 0.5) is 5.69 Å².